The van der Waals surface area contributed by atoms with Crippen molar-refractivity contribution in [1.29, 1.82) is 0 Å². The fourth-order valence-electron chi connectivity index (χ4n) is 2.35. The first kappa shape index (κ1) is 7.86. The van der Waals surface area contributed by atoms with Crippen LogP contribution in [0.15, 0.2) is 0 Å². The molecule has 2 fully saturated rings. The number of fused-ring (bicyclic) bond motifs is 2. The first-order chi connectivity index (χ1) is 5.68. The van der Waals surface area contributed by atoms with E-state index in [-0.39, 0.29) is 17.9 Å². The lowest BCUT2D eigenvalue weighted by Gasteiger charge is -2.33. The number of carboxylic acid groups (broad SMARTS) is 1. The Labute approximate surface area is 70.8 Å². The Morgan fingerprint density at radius 3 is 2.17 bits per heavy atom. The van der Waals surface area contributed by atoms with Gasteiger partial charge >= 0.3 is 6.09 Å². The van der Waals surface area contributed by atoms with E-state index in [0.29, 0.717) is 13.1 Å². The zero-order chi connectivity index (χ0) is 8.72. The van der Waals surface area contributed by atoms with Gasteiger partial charge in [-0.3, -0.25) is 0 Å². The van der Waals surface area contributed by atoms with Crippen LogP contribution in [0.4, 0.5) is 4.79 Å². The fourth-order valence-corrected chi connectivity index (χ4v) is 2.35. The number of amides is 1. The van der Waals surface area contributed by atoms with Crippen molar-refractivity contribution in [2.24, 2.45) is 11.8 Å². The average Bonchev–Trinajstić information content (AvgIpc) is 2.30. The number of aliphatic hydroxyl groups excluding tert-OH is 1. The third-order valence-corrected chi connectivity index (χ3v) is 3.05. The minimum absolute atomic E-state index is 0.194. The topological polar surface area (TPSA) is 60.8 Å². The van der Waals surface area contributed by atoms with Crippen LogP contribution >= 0.6 is 0 Å². The minimum atomic E-state index is -0.848. The van der Waals surface area contributed by atoms with Crippen molar-refractivity contribution < 1.29 is 15.0 Å². The molecule has 0 radical (unpaired) electrons. The molecule has 2 N–H and O–H groups in total. The molecule has 1 heterocycles. The SMILES string of the molecule is O=C(O)N1CC2CCC(C1)C2O. The Bertz CT molecular complexity index is 192. The van der Waals surface area contributed by atoms with Gasteiger partial charge in [0.15, 0.2) is 0 Å². The molecule has 2 aliphatic rings. The maximum atomic E-state index is 10.6. The van der Waals surface area contributed by atoms with Crippen molar-refractivity contribution in [3.63, 3.8) is 0 Å². The van der Waals surface area contributed by atoms with Crippen LogP contribution < -0.4 is 0 Å². The Morgan fingerprint density at radius 1 is 1.25 bits per heavy atom. The second-order valence-corrected chi connectivity index (χ2v) is 3.78. The zero-order valence-corrected chi connectivity index (χ0v) is 6.81. The van der Waals surface area contributed by atoms with Crippen molar-refractivity contribution in [2.45, 2.75) is 18.9 Å². The number of hydrogen-bond donors (Lipinski definition) is 2. The second-order valence-electron chi connectivity index (χ2n) is 3.78. The van der Waals surface area contributed by atoms with Crippen molar-refractivity contribution in [2.75, 3.05) is 13.1 Å². The molecule has 2 rings (SSSR count). The summed E-state index contributed by atoms with van der Waals surface area (Å²) in [4.78, 5) is 12.0. The summed E-state index contributed by atoms with van der Waals surface area (Å²) in [6.45, 7) is 1.04. The molecule has 4 heteroatoms. The van der Waals surface area contributed by atoms with E-state index in [4.69, 9.17) is 5.11 Å². The van der Waals surface area contributed by atoms with Crippen LogP contribution in [0, 0.1) is 11.8 Å². The van der Waals surface area contributed by atoms with Gasteiger partial charge in [0, 0.05) is 24.9 Å². The molecule has 0 aromatic heterocycles. The number of likely N-dealkylation sites (tertiary alicyclic amines) is 1. The van der Waals surface area contributed by atoms with Gasteiger partial charge in [0.05, 0.1) is 6.10 Å². The lowest BCUT2D eigenvalue weighted by molar-refractivity contribution is 0.0206. The van der Waals surface area contributed by atoms with Gasteiger partial charge in [0.1, 0.15) is 0 Å². The summed E-state index contributed by atoms with van der Waals surface area (Å²) in [5.41, 5.74) is 0. The molecule has 68 valence electrons. The zero-order valence-electron chi connectivity index (χ0n) is 6.81. The second kappa shape index (κ2) is 2.62. The van der Waals surface area contributed by atoms with Crippen molar-refractivity contribution >= 4 is 6.09 Å². The third-order valence-electron chi connectivity index (χ3n) is 3.05. The first-order valence-corrected chi connectivity index (χ1v) is 4.34. The van der Waals surface area contributed by atoms with Gasteiger partial charge in [-0.25, -0.2) is 4.79 Å². The van der Waals surface area contributed by atoms with E-state index in [9.17, 15) is 9.90 Å². The molecular formula is C8H13NO3. The highest BCUT2D eigenvalue weighted by Gasteiger charge is 2.42. The van der Waals surface area contributed by atoms with E-state index in [0.717, 1.165) is 12.8 Å². The Morgan fingerprint density at radius 2 is 1.75 bits per heavy atom. The van der Waals surface area contributed by atoms with E-state index < -0.39 is 6.09 Å². The number of piperidine rings is 1. The van der Waals surface area contributed by atoms with E-state index in [2.05, 4.69) is 0 Å². The maximum absolute atomic E-state index is 10.6. The van der Waals surface area contributed by atoms with Gasteiger partial charge < -0.3 is 15.1 Å². The molecule has 0 aromatic carbocycles. The highest BCUT2D eigenvalue weighted by atomic mass is 16.4. The molecule has 0 aromatic rings. The minimum Gasteiger partial charge on any atom is -0.465 e. The van der Waals surface area contributed by atoms with E-state index >= 15 is 0 Å². The number of nitrogens with zero attached hydrogens (tertiary/aromatic N) is 1. The lowest BCUT2D eigenvalue weighted by Crippen LogP contribution is -2.46. The van der Waals surface area contributed by atoms with Crippen LogP contribution in [0.25, 0.3) is 0 Å². The van der Waals surface area contributed by atoms with Crippen LogP contribution in [0.5, 0.6) is 0 Å². The first-order valence-electron chi connectivity index (χ1n) is 4.34. The molecule has 1 saturated heterocycles. The lowest BCUT2D eigenvalue weighted by atomic mass is 9.95. The monoisotopic (exact) mass is 171 g/mol. The molecule has 2 unspecified atom stereocenters. The molecule has 1 aliphatic heterocycles. The van der Waals surface area contributed by atoms with Crippen LogP contribution in [-0.4, -0.2) is 40.4 Å². The molecule has 1 saturated carbocycles. The predicted molar refractivity (Wildman–Crippen MR) is 41.8 cm³/mol. The van der Waals surface area contributed by atoms with Gasteiger partial charge in [-0.1, -0.05) is 0 Å². The number of rotatable bonds is 0. The van der Waals surface area contributed by atoms with E-state index in [1.807, 2.05) is 0 Å². The third kappa shape index (κ3) is 1.06. The molecular weight excluding hydrogens is 158 g/mol. The maximum Gasteiger partial charge on any atom is 0.407 e. The van der Waals surface area contributed by atoms with Crippen LogP contribution in [0.3, 0.4) is 0 Å². The van der Waals surface area contributed by atoms with Gasteiger partial charge in [-0.05, 0) is 12.8 Å². The average molecular weight is 171 g/mol. The largest absolute Gasteiger partial charge is 0.465 e. The van der Waals surface area contributed by atoms with Crippen LogP contribution in [-0.2, 0) is 0 Å². The van der Waals surface area contributed by atoms with E-state index in [1.54, 1.807) is 0 Å². The summed E-state index contributed by atoms with van der Waals surface area (Å²) >= 11 is 0. The van der Waals surface area contributed by atoms with Crippen molar-refractivity contribution in [3.05, 3.63) is 0 Å². The Balaban J connectivity index is 2.07. The molecule has 1 aliphatic carbocycles. The van der Waals surface area contributed by atoms with Crippen molar-refractivity contribution in [3.8, 4) is 0 Å². The van der Waals surface area contributed by atoms with Gasteiger partial charge in [0.2, 0.25) is 0 Å². The molecule has 2 atom stereocenters. The van der Waals surface area contributed by atoms with Crippen molar-refractivity contribution in [1.82, 2.24) is 4.90 Å². The number of aliphatic hydroxyl groups is 1. The van der Waals surface area contributed by atoms with Crippen LogP contribution in [0.1, 0.15) is 12.8 Å². The number of carbonyl (C=O) groups is 1. The van der Waals surface area contributed by atoms with Gasteiger partial charge in [0.25, 0.3) is 0 Å². The molecule has 0 spiro atoms. The van der Waals surface area contributed by atoms with Crippen LogP contribution in [0.2, 0.25) is 0 Å². The molecule has 1 amide bonds. The molecule has 2 bridgehead atoms. The fraction of sp³-hybridized carbons (Fsp3) is 0.875. The Kier molecular flexibility index (Phi) is 1.72. The predicted octanol–water partition coefficient (Wildman–Crippen LogP) is 0.367. The number of hydrogen-bond acceptors (Lipinski definition) is 2. The highest BCUT2D eigenvalue weighted by Crippen LogP contribution is 2.36. The van der Waals surface area contributed by atoms with Gasteiger partial charge in [-0.2, -0.15) is 0 Å². The Hall–Kier alpha value is -0.770. The standard InChI is InChI=1S/C8H13NO3/c10-7-5-1-2-6(7)4-9(3-5)8(11)12/h5-7,10H,1-4H2,(H,11,12). The molecule has 4 nitrogen and oxygen atoms in total. The smallest absolute Gasteiger partial charge is 0.407 e. The normalized spacial score (nSPS) is 40.1. The quantitative estimate of drug-likeness (QED) is 0.553. The summed E-state index contributed by atoms with van der Waals surface area (Å²) in [5, 5.41) is 18.3. The van der Waals surface area contributed by atoms with Gasteiger partial charge in [-0.15, -0.1) is 0 Å². The summed E-state index contributed by atoms with van der Waals surface area (Å²) in [6.07, 6.45) is 0.866. The molecule has 12 heavy (non-hydrogen) atoms. The summed E-state index contributed by atoms with van der Waals surface area (Å²) in [7, 11) is 0. The van der Waals surface area contributed by atoms with E-state index in [1.165, 1.54) is 4.90 Å². The summed E-state index contributed by atoms with van der Waals surface area (Å²) in [6, 6.07) is 0. The highest BCUT2D eigenvalue weighted by molar-refractivity contribution is 5.65. The summed E-state index contributed by atoms with van der Waals surface area (Å²) < 4.78 is 0. The summed E-state index contributed by atoms with van der Waals surface area (Å²) in [5.74, 6) is 0.389.